The molecule has 2 N–H and O–H groups in total. The van der Waals surface area contributed by atoms with Crippen LogP contribution in [0.25, 0.3) is 0 Å². The zero-order valence-electron chi connectivity index (χ0n) is 17.2. The van der Waals surface area contributed by atoms with Gasteiger partial charge in [0.15, 0.2) is 6.10 Å². The number of hydrogen-bond donors (Lipinski definition) is 2. The van der Waals surface area contributed by atoms with Gasteiger partial charge >= 0.3 is 11.9 Å². The summed E-state index contributed by atoms with van der Waals surface area (Å²) in [7, 11) is 0. The van der Waals surface area contributed by atoms with Gasteiger partial charge < -0.3 is 19.8 Å². The van der Waals surface area contributed by atoms with E-state index in [1.165, 1.54) is 11.8 Å². The number of ether oxygens (including phenoxy) is 2. The molecule has 1 aromatic carbocycles. The summed E-state index contributed by atoms with van der Waals surface area (Å²) in [5.74, 6) is -2.18. The number of carbonyl (C=O) groups is 4. The lowest BCUT2D eigenvalue weighted by molar-refractivity contribution is -0.128. The number of aromatic nitrogens is 1. The lowest BCUT2D eigenvalue weighted by Crippen LogP contribution is -2.47. The zero-order chi connectivity index (χ0) is 22.0. The van der Waals surface area contributed by atoms with Gasteiger partial charge in [-0.1, -0.05) is 12.1 Å². The Hall–Kier alpha value is -3.62. The van der Waals surface area contributed by atoms with Crippen molar-refractivity contribution in [2.24, 2.45) is 0 Å². The van der Waals surface area contributed by atoms with Crippen molar-refractivity contribution in [3.05, 3.63) is 46.8 Å². The molecule has 0 saturated carbocycles. The number of nitrogens with zero attached hydrogens (tertiary/aromatic N) is 1. The maximum atomic E-state index is 12.9. The number of benzene rings is 1. The molecule has 1 atom stereocenters. The summed E-state index contributed by atoms with van der Waals surface area (Å²) >= 11 is 0. The third-order valence-electron chi connectivity index (χ3n) is 4.79. The van der Waals surface area contributed by atoms with Crippen molar-refractivity contribution in [1.29, 1.82) is 0 Å². The first-order valence-electron chi connectivity index (χ1n) is 9.52. The SMILES string of the molecule is CCOC(=O)c1[nH]c(C)c(C(=O)O[C@@H](C)C(=O)N2CC(=O)Nc3ccccc32)c1C. The van der Waals surface area contributed by atoms with Gasteiger partial charge in [-0.2, -0.15) is 0 Å². The van der Waals surface area contributed by atoms with E-state index < -0.39 is 23.9 Å². The number of amides is 2. The molecule has 30 heavy (non-hydrogen) atoms. The maximum Gasteiger partial charge on any atom is 0.355 e. The number of hydrogen-bond acceptors (Lipinski definition) is 6. The molecule has 0 aliphatic carbocycles. The van der Waals surface area contributed by atoms with E-state index in [4.69, 9.17) is 9.47 Å². The third-order valence-corrected chi connectivity index (χ3v) is 4.79. The number of rotatable bonds is 5. The molecule has 2 heterocycles. The number of aromatic amines is 1. The van der Waals surface area contributed by atoms with E-state index in [1.54, 1.807) is 45.0 Å². The summed E-state index contributed by atoms with van der Waals surface area (Å²) in [6.07, 6.45) is -1.14. The molecule has 158 valence electrons. The highest BCUT2D eigenvalue weighted by Crippen LogP contribution is 2.30. The first-order valence-corrected chi connectivity index (χ1v) is 9.52. The Bertz CT molecular complexity index is 1030. The number of fused-ring (bicyclic) bond motifs is 1. The number of nitrogens with one attached hydrogen (secondary N) is 2. The second-order valence-corrected chi connectivity index (χ2v) is 6.88. The van der Waals surface area contributed by atoms with Crippen molar-refractivity contribution in [2.75, 3.05) is 23.4 Å². The minimum absolute atomic E-state index is 0.168. The molecule has 1 aromatic heterocycles. The quantitative estimate of drug-likeness (QED) is 0.727. The van der Waals surface area contributed by atoms with Crippen LogP contribution in [0.1, 0.15) is 46.0 Å². The Morgan fingerprint density at radius 1 is 1.17 bits per heavy atom. The summed E-state index contributed by atoms with van der Waals surface area (Å²) < 4.78 is 10.4. The second-order valence-electron chi connectivity index (χ2n) is 6.88. The Morgan fingerprint density at radius 2 is 1.87 bits per heavy atom. The summed E-state index contributed by atoms with van der Waals surface area (Å²) in [5.41, 5.74) is 2.21. The molecule has 1 aliphatic heterocycles. The number of esters is 2. The fourth-order valence-corrected chi connectivity index (χ4v) is 3.38. The van der Waals surface area contributed by atoms with E-state index in [1.807, 2.05) is 0 Å². The van der Waals surface area contributed by atoms with Crippen molar-refractivity contribution < 1.29 is 28.7 Å². The molecule has 2 amide bonds. The summed E-state index contributed by atoms with van der Waals surface area (Å²) in [6, 6.07) is 6.88. The average molecular weight is 413 g/mol. The highest BCUT2D eigenvalue weighted by atomic mass is 16.5. The number of H-pyrrole nitrogens is 1. The molecule has 9 heteroatoms. The smallest absolute Gasteiger partial charge is 0.355 e. The molecule has 0 saturated heterocycles. The monoisotopic (exact) mass is 413 g/mol. The van der Waals surface area contributed by atoms with Crippen molar-refractivity contribution in [3.63, 3.8) is 0 Å². The summed E-state index contributed by atoms with van der Waals surface area (Å²) in [5, 5.41) is 2.70. The van der Waals surface area contributed by atoms with Gasteiger partial charge in [0.2, 0.25) is 5.91 Å². The molecule has 0 unspecified atom stereocenters. The van der Waals surface area contributed by atoms with Crippen LogP contribution >= 0.6 is 0 Å². The molecular formula is C21H23N3O6. The van der Waals surface area contributed by atoms with Crippen LogP contribution in [-0.4, -0.2) is 48.0 Å². The zero-order valence-corrected chi connectivity index (χ0v) is 17.2. The van der Waals surface area contributed by atoms with Gasteiger partial charge in [-0.05, 0) is 45.4 Å². The van der Waals surface area contributed by atoms with Gasteiger partial charge in [-0.15, -0.1) is 0 Å². The van der Waals surface area contributed by atoms with E-state index in [2.05, 4.69) is 10.3 Å². The van der Waals surface area contributed by atoms with Crippen molar-refractivity contribution >= 4 is 35.1 Å². The fraction of sp³-hybridized carbons (Fsp3) is 0.333. The fourth-order valence-electron chi connectivity index (χ4n) is 3.38. The van der Waals surface area contributed by atoms with E-state index >= 15 is 0 Å². The van der Waals surface area contributed by atoms with Crippen LogP contribution in [0.15, 0.2) is 24.3 Å². The van der Waals surface area contributed by atoms with E-state index in [0.717, 1.165) is 0 Å². The molecule has 1 aliphatic rings. The highest BCUT2D eigenvalue weighted by molar-refractivity contribution is 6.11. The topological polar surface area (TPSA) is 118 Å². The molecular weight excluding hydrogens is 390 g/mol. The van der Waals surface area contributed by atoms with Crippen LogP contribution < -0.4 is 10.2 Å². The number of aryl methyl sites for hydroxylation is 1. The predicted molar refractivity (Wildman–Crippen MR) is 109 cm³/mol. The van der Waals surface area contributed by atoms with Gasteiger partial charge in [0.1, 0.15) is 12.2 Å². The van der Waals surface area contributed by atoms with Gasteiger partial charge in [0, 0.05) is 5.69 Å². The number of para-hydroxylation sites is 2. The molecule has 0 fully saturated rings. The lowest BCUT2D eigenvalue weighted by atomic mass is 10.1. The van der Waals surface area contributed by atoms with Gasteiger partial charge in [-0.25, -0.2) is 9.59 Å². The molecule has 0 bridgehead atoms. The van der Waals surface area contributed by atoms with Gasteiger partial charge in [0.25, 0.3) is 5.91 Å². The van der Waals surface area contributed by atoms with Gasteiger partial charge in [0.05, 0.1) is 23.5 Å². The maximum absolute atomic E-state index is 12.9. The van der Waals surface area contributed by atoms with Crippen LogP contribution in [0, 0.1) is 13.8 Å². The standard InChI is InChI=1S/C21H23N3O6/c1-5-29-21(28)18-11(2)17(12(3)22-18)20(27)30-13(4)19(26)24-10-16(25)23-14-8-6-7-9-15(14)24/h6-9,13,22H,5,10H2,1-4H3,(H,23,25)/t13-/m0/s1. The Balaban J connectivity index is 1.79. The first kappa shape index (κ1) is 21.1. The first-order chi connectivity index (χ1) is 14.2. The Kier molecular flexibility index (Phi) is 5.91. The Morgan fingerprint density at radius 3 is 2.57 bits per heavy atom. The third kappa shape index (κ3) is 3.91. The van der Waals surface area contributed by atoms with Crippen molar-refractivity contribution in [2.45, 2.75) is 33.8 Å². The normalized spacial score (nSPS) is 13.9. The van der Waals surface area contributed by atoms with Gasteiger partial charge in [-0.3, -0.25) is 14.5 Å². The van der Waals surface area contributed by atoms with Crippen molar-refractivity contribution in [1.82, 2.24) is 4.98 Å². The molecule has 9 nitrogen and oxygen atoms in total. The predicted octanol–water partition coefficient (Wildman–Crippen LogP) is 2.34. The van der Waals surface area contributed by atoms with Crippen LogP contribution in [0.4, 0.5) is 11.4 Å². The van der Waals surface area contributed by atoms with Crippen LogP contribution in [0.2, 0.25) is 0 Å². The van der Waals surface area contributed by atoms with Crippen LogP contribution in [-0.2, 0) is 19.1 Å². The summed E-state index contributed by atoms with van der Waals surface area (Å²) in [6.45, 7) is 6.39. The van der Waals surface area contributed by atoms with Crippen LogP contribution in [0.5, 0.6) is 0 Å². The molecule has 0 radical (unpaired) electrons. The minimum Gasteiger partial charge on any atom is -0.461 e. The van der Waals surface area contributed by atoms with Crippen LogP contribution in [0.3, 0.4) is 0 Å². The van der Waals surface area contributed by atoms with E-state index in [0.29, 0.717) is 22.6 Å². The Labute approximate surface area is 173 Å². The highest BCUT2D eigenvalue weighted by Gasteiger charge is 2.32. The molecule has 2 aromatic rings. The lowest BCUT2D eigenvalue weighted by Gasteiger charge is -2.30. The molecule has 0 spiro atoms. The van der Waals surface area contributed by atoms with Crippen molar-refractivity contribution in [3.8, 4) is 0 Å². The largest absolute Gasteiger partial charge is 0.461 e. The van der Waals surface area contributed by atoms with E-state index in [-0.39, 0.29) is 30.3 Å². The van der Waals surface area contributed by atoms with E-state index in [9.17, 15) is 19.2 Å². The second kappa shape index (κ2) is 8.40. The average Bonchev–Trinajstić information content (AvgIpc) is 3.01. The minimum atomic E-state index is -1.14. The number of anilines is 2. The number of carbonyl (C=O) groups excluding carboxylic acids is 4. The summed E-state index contributed by atoms with van der Waals surface area (Å²) in [4.78, 5) is 53.8. The molecule has 3 rings (SSSR count).